The minimum absolute atomic E-state index is 0.126. The van der Waals surface area contributed by atoms with E-state index in [2.05, 4.69) is 27.9 Å². The predicted molar refractivity (Wildman–Crippen MR) is 148 cm³/mol. The van der Waals surface area contributed by atoms with Gasteiger partial charge in [0, 0.05) is 17.2 Å². The minimum Gasteiger partial charge on any atom is -0.495 e. The van der Waals surface area contributed by atoms with Crippen LogP contribution in [-0.2, 0) is 11.4 Å². The molecule has 3 aromatic rings. The number of carbonyl (C=O) groups excluding carboxylic acids is 1. The van der Waals surface area contributed by atoms with Crippen LogP contribution in [-0.4, -0.2) is 27.2 Å². The van der Waals surface area contributed by atoms with E-state index in [4.69, 9.17) is 42.1 Å². The maximum Gasteiger partial charge on any atom is 0.266 e. The molecular weight excluding hydrogens is 618 g/mol. The van der Waals surface area contributed by atoms with Crippen LogP contribution in [0.3, 0.4) is 0 Å². The van der Waals surface area contributed by atoms with Gasteiger partial charge in [0.2, 0.25) is 0 Å². The second-order valence-electron chi connectivity index (χ2n) is 7.26. The average molecular weight is 639 g/mol. The summed E-state index contributed by atoms with van der Waals surface area (Å²) in [6.07, 6.45) is 1.46. The van der Waals surface area contributed by atoms with Gasteiger partial charge in [-0.2, -0.15) is 5.26 Å². The normalized spacial score (nSPS) is 10.9. The lowest BCUT2D eigenvalue weighted by Crippen LogP contribution is -2.14. The topological polar surface area (TPSA) is 89.8 Å². The second kappa shape index (κ2) is 12.7. The third-order valence-electron chi connectivity index (χ3n) is 4.95. The lowest BCUT2D eigenvalue weighted by atomic mass is 10.1. The number of benzene rings is 3. The standard InChI is InChI=1S/C26H21Cl2IN2O5/c1-33-22-12-21(23(34-2)11-19(22)28)31-26(32)17(13-30)8-16-9-20(29)25(24(10-16)35-3)36-14-15-4-6-18(27)7-5-15/h4-12H,14H2,1-3H3,(H,31,32)/b17-8+. The number of anilines is 1. The lowest BCUT2D eigenvalue weighted by molar-refractivity contribution is -0.112. The summed E-state index contributed by atoms with van der Waals surface area (Å²) in [5, 5.41) is 13.3. The average Bonchev–Trinajstić information content (AvgIpc) is 2.87. The number of hydrogen-bond acceptors (Lipinski definition) is 6. The van der Waals surface area contributed by atoms with Gasteiger partial charge in [-0.15, -0.1) is 0 Å². The van der Waals surface area contributed by atoms with Gasteiger partial charge in [-0.3, -0.25) is 4.79 Å². The molecule has 0 aliphatic carbocycles. The smallest absolute Gasteiger partial charge is 0.266 e. The first-order valence-electron chi connectivity index (χ1n) is 10.4. The molecule has 0 saturated carbocycles. The van der Waals surface area contributed by atoms with E-state index in [-0.39, 0.29) is 5.57 Å². The Hall–Kier alpha value is -3.13. The second-order valence-corrected chi connectivity index (χ2v) is 9.27. The SMILES string of the molecule is COc1cc(NC(=O)/C(C#N)=C/c2cc(I)c(OCc3ccc(Cl)cc3)c(OC)c2)c(OC)cc1Cl. The fourth-order valence-corrected chi connectivity index (χ4v) is 4.30. The van der Waals surface area contributed by atoms with Crippen LogP contribution >= 0.6 is 45.8 Å². The van der Waals surface area contributed by atoms with Crippen molar-refractivity contribution >= 4 is 63.5 Å². The number of carbonyl (C=O) groups is 1. The van der Waals surface area contributed by atoms with Crippen molar-refractivity contribution in [3.63, 3.8) is 0 Å². The van der Waals surface area contributed by atoms with Gasteiger partial charge in [-0.25, -0.2) is 0 Å². The molecular formula is C26H21Cl2IN2O5. The Morgan fingerprint density at radius 2 is 1.67 bits per heavy atom. The van der Waals surface area contributed by atoms with Crippen LogP contribution in [0.5, 0.6) is 23.0 Å². The molecule has 0 fully saturated rings. The van der Waals surface area contributed by atoms with E-state index in [9.17, 15) is 10.1 Å². The maximum absolute atomic E-state index is 12.9. The molecule has 7 nitrogen and oxygen atoms in total. The van der Waals surface area contributed by atoms with Crippen LogP contribution in [0, 0.1) is 14.9 Å². The Kier molecular flexibility index (Phi) is 9.70. The van der Waals surface area contributed by atoms with Gasteiger partial charge in [0.25, 0.3) is 5.91 Å². The molecule has 0 bridgehead atoms. The van der Waals surface area contributed by atoms with E-state index in [0.29, 0.717) is 50.9 Å². The van der Waals surface area contributed by atoms with Crippen molar-refractivity contribution in [1.82, 2.24) is 0 Å². The molecule has 186 valence electrons. The molecule has 0 heterocycles. The molecule has 3 rings (SSSR count). The van der Waals surface area contributed by atoms with E-state index < -0.39 is 5.91 Å². The lowest BCUT2D eigenvalue weighted by Gasteiger charge is -2.14. The predicted octanol–water partition coefficient (Wildman–Crippen LogP) is 6.75. The van der Waals surface area contributed by atoms with Crippen LogP contribution in [0.25, 0.3) is 6.08 Å². The van der Waals surface area contributed by atoms with Crippen molar-refractivity contribution in [1.29, 1.82) is 5.26 Å². The fraction of sp³-hybridized carbons (Fsp3) is 0.154. The van der Waals surface area contributed by atoms with Crippen molar-refractivity contribution in [3.05, 3.63) is 78.8 Å². The van der Waals surface area contributed by atoms with Gasteiger partial charge >= 0.3 is 0 Å². The zero-order valence-corrected chi connectivity index (χ0v) is 23.2. The highest BCUT2D eigenvalue weighted by Crippen LogP contribution is 2.37. The molecule has 0 aliphatic rings. The van der Waals surface area contributed by atoms with Gasteiger partial charge in [-0.05, 0) is 64.1 Å². The fourth-order valence-electron chi connectivity index (χ4n) is 3.16. The quantitative estimate of drug-likeness (QED) is 0.158. The van der Waals surface area contributed by atoms with E-state index in [1.54, 1.807) is 24.3 Å². The molecule has 0 radical (unpaired) electrons. The van der Waals surface area contributed by atoms with Crippen LogP contribution in [0.2, 0.25) is 10.0 Å². The van der Waals surface area contributed by atoms with Crippen LogP contribution in [0.15, 0.2) is 54.1 Å². The first-order chi connectivity index (χ1) is 17.3. The maximum atomic E-state index is 12.9. The summed E-state index contributed by atoms with van der Waals surface area (Å²) in [5.41, 5.74) is 1.71. The number of halogens is 3. The third-order valence-corrected chi connectivity index (χ3v) is 6.30. The molecule has 0 aliphatic heterocycles. The summed E-state index contributed by atoms with van der Waals surface area (Å²) >= 11 is 14.2. The number of amides is 1. The molecule has 0 aromatic heterocycles. The molecule has 3 aromatic carbocycles. The van der Waals surface area contributed by atoms with E-state index >= 15 is 0 Å². The molecule has 36 heavy (non-hydrogen) atoms. The van der Waals surface area contributed by atoms with Gasteiger partial charge < -0.3 is 24.3 Å². The highest BCUT2D eigenvalue weighted by atomic mass is 127. The number of nitrogens with one attached hydrogen (secondary N) is 1. The van der Waals surface area contributed by atoms with Gasteiger partial charge in [-0.1, -0.05) is 35.3 Å². The first kappa shape index (κ1) is 27.5. The summed E-state index contributed by atoms with van der Waals surface area (Å²) in [6, 6.07) is 15.8. The van der Waals surface area contributed by atoms with Gasteiger partial charge in [0.1, 0.15) is 29.7 Å². The molecule has 0 saturated heterocycles. The van der Waals surface area contributed by atoms with E-state index in [1.165, 1.54) is 39.5 Å². The monoisotopic (exact) mass is 638 g/mol. The molecule has 1 amide bonds. The Morgan fingerprint density at radius 1 is 1.00 bits per heavy atom. The number of nitrogens with zero attached hydrogens (tertiary/aromatic N) is 1. The van der Waals surface area contributed by atoms with Crippen molar-refractivity contribution in [3.8, 4) is 29.1 Å². The molecule has 0 unspecified atom stereocenters. The molecule has 0 spiro atoms. The highest BCUT2D eigenvalue weighted by molar-refractivity contribution is 14.1. The van der Waals surface area contributed by atoms with E-state index in [0.717, 1.165) is 9.13 Å². The number of hydrogen-bond donors (Lipinski definition) is 1. The number of methoxy groups -OCH3 is 3. The highest BCUT2D eigenvalue weighted by Gasteiger charge is 2.17. The van der Waals surface area contributed by atoms with Gasteiger partial charge in [0.05, 0.1) is 35.6 Å². The largest absolute Gasteiger partial charge is 0.495 e. The summed E-state index contributed by atoms with van der Waals surface area (Å²) in [6.45, 7) is 0.316. The minimum atomic E-state index is -0.628. The Morgan fingerprint density at radius 3 is 2.28 bits per heavy atom. The number of rotatable bonds is 9. The summed E-state index contributed by atoms with van der Waals surface area (Å²) in [5.74, 6) is 1.06. The van der Waals surface area contributed by atoms with Crippen LogP contribution < -0.4 is 24.3 Å². The number of ether oxygens (including phenoxy) is 4. The molecule has 0 atom stereocenters. The van der Waals surface area contributed by atoms with Crippen molar-refractivity contribution in [2.75, 3.05) is 26.6 Å². The Labute approximate surface area is 232 Å². The van der Waals surface area contributed by atoms with E-state index in [1.807, 2.05) is 18.2 Å². The summed E-state index contributed by atoms with van der Waals surface area (Å²) in [4.78, 5) is 12.9. The summed E-state index contributed by atoms with van der Waals surface area (Å²) in [7, 11) is 4.42. The first-order valence-corrected chi connectivity index (χ1v) is 12.2. The van der Waals surface area contributed by atoms with Crippen molar-refractivity contribution < 1.29 is 23.7 Å². The zero-order chi connectivity index (χ0) is 26.2. The Bertz CT molecular complexity index is 1340. The number of nitriles is 1. The molecule has 10 heteroatoms. The van der Waals surface area contributed by atoms with Crippen molar-refractivity contribution in [2.24, 2.45) is 0 Å². The molecule has 1 N–H and O–H groups in total. The Balaban J connectivity index is 1.85. The van der Waals surface area contributed by atoms with Crippen LogP contribution in [0.4, 0.5) is 5.69 Å². The van der Waals surface area contributed by atoms with Crippen molar-refractivity contribution in [2.45, 2.75) is 6.61 Å². The van der Waals surface area contributed by atoms with Gasteiger partial charge in [0.15, 0.2) is 11.5 Å². The third kappa shape index (κ3) is 6.75. The van der Waals surface area contributed by atoms with Crippen LogP contribution in [0.1, 0.15) is 11.1 Å². The zero-order valence-electron chi connectivity index (χ0n) is 19.5. The summed E-state index contributed by atoms with van der Waals surface area (Å²) < 4.78 is 22.7.